The van der Waals surface area contributed by atoms with Crippen molar-refractivity contribution in [3.8, 4) is 11.5 Å². The van der Waals surface area contributed by atoms with Crippen LogP contribution in [-0.2, 0) is 0 Å². The highest BCUT2D eigenvalue weighted by molar-refractivity contribution is 6.32. The maximum absolute atomic E-state index is 9.33. The summed E-state index contributed by atoms with van der Waals surface area (Å²) in [5, 5.41) is 9.76. The molecule has 1 aromatic carbocycles. The fraction of sp³-hybridized carbons (Fsp3) is 0.333. The minimum absolute atomic E-state index is 0.01000. The van der Waals surface area contributed by atoms with Crippen LogP contribution >= 0.6 is 11.6 Å². The second-order valence-electron chi connectivity index (χ2n) is 2.75. The molecule has 66 valence electrons. The summed E-state index contributed by atoms with van der Waals surface area (Å²) in [7, 11) is 0. The molecule has 0 spiro atoms. The molecular weight excluding hydrogens is 176 g/mol. The van der Waals surface area contributed by atoms with E-state index in [4.69, 9.17) is 16.3 Å². The number of halogens is 1. The minimum atomic E-state index is 0.01000. The molecule has 2 nitrogen and oxygen atoms in total. The summed E-state index contributed by atoms with van der Waals surface area (Å²) in [5.41, 5.74) is 0. The van der Waals surface area contributed by atoms with Crippen LogP contribution in [0.4, 0.5) is 0 Å². The monoisotopic (exact) mass is 186 g/mol. The molecule has 1 N–H and O–H groups in total. The van der Waals surface area contributed by atoms with Crippen molar-refractivity contribution in [1.82, 2.24) is 0 Å². The number of benzene rings is 1. The number of phenols is 1. The van der Waals surface area contributed by atoms with Crippen LogP contribution in [0.2, 0.25) is 5.02 Å². The molecule has 0 saturated heterocycles. The maximum atomic E-state index is 9.33. The molecule has 0 aromatic heterocycles. The Morgan fingerprint density at radius 3 is 2.58 bits per heavy atom. The smallest absolute Gasteiger partial charge is 0.179 e. The summed E-state index contributed by atoms with van der Waals surface area (Å²) in [6, 6.07) is 4.90. The van der Waals surface area contributed by atoms with Gasteiger partial charge in [0.2, 0.25) is 0 Å². The number of ether oxygens (including phenoxy) is 1. The van der Waals surface area contributed by atoms with Crippen LogP contribution in [0.1, 0.15) is 13.8 Å². The highest BCUT2D eigenvalue weighted by Gasteiger charge is 2.07. The molecule has 1 rings (SSSR count). The average Bonchev–Trinajstić information content (AvgIpc) is 1.97. The van der Waals surface area contributed by atoms with Gasteiger partial charge in [0.05, 0.1) is 11.1 Å². The first-order valence-corrected chi connectivity index (χ1v) is 4.13. The van der Waals surface area contributed by atoms with Gasteiger partial charge in [0.25, 0.3) is 0 Å². The average molecular weight is 187 g/mol. The van der Waals surface area contributed by atoms with E-state index in [9.17, 15) is 5.11 Å². The fourth-order valence-electron chi connectivity index (χ4n) is 0.850. The second-order valence-corrected chi connectivity index (χ2v) is 3.16. The van der Waals surface area contributed by atoms with Gasteiger partial charge in [-0.05, 0) is 26.0 Å². The Kier molecular flexibility index (Phi) is 2.82. The summed E-state index contributed by atoms with van der Waals surface area (Å²) >= 11 is 5.79. The third-order valence-corrected chi connectivity index (χ3v) is 1.60. The molecule has 0 radical (unpaired) electrons. The van der Waals surface area contributed by atoms with Gasteiger partial charge in [-0.2, -0.15) is 0 Å². The zero-order valence-electron chi connectivity index (χ0n) is 7.04. The van der Waals surface area contributed by atoms with Gasteiger partial charge in [-0.25, -0.2) is 0 Å². The Balaban J connectivity index is 2.96. The molecule has 0 aliphatic rings. The zero-order chi connectivity index (χ0) is 9.14. The van der Waals surface area contributed by atoms with Crippen LogP contribution in [0, 0.1) is 0 Å². The highest BCUT2D eigenvalue weighted by atomic mass is 35.5. The van der Waals surface area contributed by atoms with Gasteiger partial charge in [0, 0.05) is 0 Å². The number of para-hydroxylation sites is 1. The summed E-state index contributed by atoms with van der Waals surface area (Å²) in [5.74, 6) is 0.436. The van der Waals surface area contributed by atoms with Crippen molar-refractivity contribution >= 4 is 11.6 Å². The lowest BCUT2D eigenvalue weighted by Gasteiger charge is -2.11. The van der Waals surface area contributed by atoms with Crippen LogP contribution in [0.5, 0.6) is 11.5 Å². The Bertz CT molecular complexity index is 251. The van der Waals surface area contributed by atoms with Crippen molar-refractivity contribution in [2.45, 2.75) is 20.0 Å². The first kappa shape index (κ1) is 9.20. The molecule has 12 heavy (non-hydrogen) atoms. The standard InChI is InChI=1S/C9H11ClO2/c1-6(2)12-9-7(10)4-3-5-8(9)11/h3-6,11H,1-2H3. The summed E-state index contributed by atoms with van der Waals surface area (Å²) in [4.78, 5) is 0. The third kappa shape index (κ3) is 2.05. The summed E-state index contributed by atoms with van der Waals surface area (Å²) in [6.45, 7) is 3.76. The van der Waals surface area contributed by atoms with Crippen molar-refractivity contribution in [1.29, 1.82) is 0 Å². The number of hydrogen-bond acceptors (Lipinski definition) is 2. The van der Waals surface area contributed by atoms with Crippen molar-refractivity contribution < 1.29 is 9.84 Å². The van der Waals surface area contributed by atoms with E-state index in [-0.39, 0.29) is 11.9 Å². The summed E-state index contributed by atoms with van der Waals surface area (Å²) < 4.78 is 5.29. The number of aromatic hydroxyl groups is 1. The Morgan fingerprint density at radius 1 is 1.42 bits per heavy atom. The van der Waals surface area contributed by atoms with E-state index >= 15 is 0 Å². The lowest BCUT2D eigenvalue weighted by Crippen LogP contribution is -2.05. The predicted molar refractivity (Wildman–Crippen MR) is 48.9 cm³/mol. The number of hydrogen-bond donors (Lipinski definition) is 1. The molecular formula is C9H11ClO2. The van der Waals surface area contributed by atoms with E-state index in [1.807, 2.05) is 13.8 Å². The zero-order valence-corrected chi connectivity index (χ0v) is 7.80. The predicted octanol–water partition coefficient (Wildman–Crippen LogP) is 2.83. The number of phenolic OH excluding ortho intramolecular Hbond substituents is 1. The Morgan fingerprint density at radius 2 is 2.08 bits per heavy atom. The van der Waals surface area contributed by atoms with Gasteiger partial charge in [0.1, 0.15) is 0 Å². The molecule has 0 unspecified atom stereocenters. The fourth-order valence-corrected chi connectivity index (χ4v) is 1.06. The molecule has 0 fully saturated rings. The van der Waals surface area contributed by atoms with Crippen LogP contribution in [-0.4, -0.2) is 11.2 Å². The van der Waals surface area contributed by atoms with Gasteiger partial charge >= 0.3 is 0 Å². The van der Waals surface area contributed by atoms with Crippen LogP contribution in [0.15, 0.2) is 18.2 Å². The van der Waals surface area contributed by atoms with Crippen LogP contribution in [0.25, 0.3) is 0 Å². The lowest BCUT2D eigenvalue weighted by molar-refractivity contribution is 0.232. The Labute approximate surface area is 76.7 Å². The number of rotatable bonds is 2. The van der Waals surface area contributed by atoms with Crippen molar-refractivity contribution in [3.05, 3.63) is 23.2 Å². The lowest BCUT2D eigenvalue weighted by atomic mass is 10.3. The van der Waals surface area contributed by atoms with Gasteiger partial charge in [-0.1, -0.05) is 17.7 Å². The van der Waals surface area contributed by atoms with Crippen LogP contribution in [0.3, 0.4) is 0 Å². The molecule has 0 aliphatic carbocycles. The molecule has 0 saturated carbocycles. The minimum Gasteiger partial charge on any atom is -0.504 e. The molecule has 0 heterocycles. The molecule has 0 bridgehead atoms. The summed E-state index contributed by atoms with van der Waals surface area (Å²) in [6.07, 6.45) is 0.01000. The molecule has 0 amide bonds. The molecule has 0 atom stereocenters. The van der Waals surface area contributed by atoms with E-state index in [2.05, 4.69) is 0 Å². The van der Waals surface area contributed by atoms with Crippen LogP contribution < -0.4 is 4.74 Å². The molecule has 3 heteroatoms. The van der Waals surface area contributed by atoms with E-state index in [0.717, 1.165) is 0 Å². The SMILES string of the molecule is CC(C)Oc1c(O)cccc1Cl. The first-order valence-electron chi connectivity index (χ1n) is 3.75. The van der Waals surface area contributed by atoms with E-state index < -0.39 is 0 Å². The quantitative estimate of drug-likeness (QED) is 0.770. The van der Waals surface area contributed by atoms with E-state index in [1.165, 1.54) is 0 Å². The first-order chi connectivity index (χ1) is 5.61. The highest BCUT2D eigenvalue weighted by Crippen LogP contribution is 2.34. The Hall–Kier alpha value is -0.890. The third-order valence-electron chi connectivity index (χ3n) is 1.30. The van der Waals surface area contributed by atoms with Gasteiger partial charge in [-0.3, -0.25) is 0 Å². The largest absolute Gasteiger partial charge is 0.504 e. The van der Waals surface area contributed by atoms with Crippen molar-refractivity contribution in [3.63, 3.8) is 0 Å². The van der Waals surface area contributed by atoms with E-state index in [1.54, 1.807) is 18.2 Å². The normalized spacial score (nSPS) is 10.3. The van der Waals surface area contributed by atoms with Gasteiger partial charge in [0.15, 0.2) is 11.5 Å². The molecule has 0 aliphatic heterocycles. The van der Waals surface area contributed by atoms with Gasteiger partial charge < -0.3 is 9.84 Å². The molecule has 1 aromatic rings. The van der Waals surface area contributed by atoms with Gasteiger partial charge in [-0.15, -0.1) is 0 Å². The van der Waals surface area contributed by atoms with Crippen molar-refractivity contribution in [2.24, 2.45) is 0 Å². The topological polar surface area (TPSA) is 29.5 Å². The second kappa shape index (κ2) is 3.68. The van der Waals surface area contributed by atoms with Crippen molar-refractivity contribution in [2.75, 3.05) is 0 Å². The maximum Gasteiger partial charge on any atom is 0.179 e. The van der Waals surface area contributed by atoms with E-state index in [0.29, 0.717) is 10.8 Å².